The molecule has 0 atom stereocenters. The Hall–Kier alpha value is -1.26. The Morgan fingerprint density at radius 1 is 1.12 bits per heavy atom. The van der Waals surface area contributed by atoms with Crippen molar-refractivity contribution in [2.75, 3.05) is 27.2 Å². The number of hydrogen-bond donors (Lipinski definition) is 0. The second kappa shape index (κ2) is 10.7. The van der Waals surface area contributed by atoms with Crippen LogP contribution >= 0.6 is 35.6 Å². The molecule has 0 aliphatic carbocycles. The maximum atomic E-state index is 6.21. The van der Waals surface area contributed by atoms with Crippen LogP contribution in [-0.2, 0) is 0 Å². The van der Waals surface area contributed by atoms with Gasteiger partial charge in [-0.25, -0.2) is 4.98 Å². The Kier molecular flexibility index (Phi) is 9.30. The van der Waals surface area contributed by atoms with Crippen LogP contribution in [0, 0.1) is 6.92 Å². The summed E-state index contributed by atoms with van der Waals surface area (Å²) in [7, 11) is 4.11. The molecule has 2 aromatic rings. The molecule has 25 heavy (non-hydrogen) atoms. The van der Waals surface area contributed by atoms with Crippen molar-refractivity contribution in [3.05, 3.63) is 57.3 Å². The highest BCUT2D eigenvalue weighted by atomic mass is 35.5. The average molecular weight is 402 g/mol. The van der Waals surface area contributed by atoms with E-state index in [1.165, 1.54) is 0 Å². The Balaban J connectivity index is 0.00000312. The maximum absolute atomic E-state index is 6.21. The minimum Gasteiger partial charge on any atom is -0.491 e. The van der Waals surface area contributed by atoms with Gasteiger partial charge in [0.15, 0.2) is 0 Å². The summed E-state index contributed by atoms with van der Waals surface area (Å²) in [5, 5.41) is 1.23. The normalized spacial score (nSPS) is 11.0. The Morgan fingerprint density at radius 3 is 2.56 bits per heavy atom. The first-order valence-electron chi connectivity index (χ1n) is 7.84. The number of benzene rings is 1. The first kappa shape index (κ1) is 21.8. The predicted octanol–water partition coefficient (Wildman–Crippen LogP) is 5.62. The number of aryl methyl sites for hydroxylation is 1. The SMILES string of the molecule is Cc1ccc(OCCCN(C)C)c(/C=C/c2ccc(Cl)cc2Cl)n1.Cl. The molecule has 136 valence electrons. The summed E-state index contributed by atoms with van der Waals surface area (Å²) in [5.41, 5.74) is 2.63. The van der Waals surface area contributed by atoms with Crippen molar-refractivity contribution in [3.63, 3.8) is 0 Å². The third kappa shape index (κ3) is 7.25. The van der Waals surface area contributed by atoms with E-state index in [-0.39, 0.29) is 12.4 Å². The third-order valence-corrected chi connectivity index (χ3v) is 3.98. The van der Waals surface area contributed by atoms with E-state index in [2.05, 4.69) is 24.0 Å². The van der Waals surface area contributed by atoms with E-state index >= 15 is 0 Å². The van der Waals surface area contributed by atoms with Crippen molar-refractivity contribution in [2.45, 2.75) is 13.3 Å². The third-order valence-electron chi connectivity index (χ3n) is 3.42. The van der Waals surface area contributed by atoms with Gasteiger partial charge in [-0.1, -0.05) is 35.3 Å². The lowest BCUT2D eigenvalue weighted by Gasteiger charge is -2.12. The number of aromatic nitrogens is 1. The lowest BCUT2D eigenvalue weighted by atomic mass is 10.2. The topological polar surface area (TPSA) is 25.4 Å². The van der Waals surface area contributed by atoms with Gasteiger partial charge in [0.2, 0.25) is 0 Å². The van der Waals surface area contributed by atoms with Crippen LogP contribution < -0.4 is 4.74 Å². The molecule has 0 aliphatic heterocycles. The molecule has 2 rings (SSSR count). The van der Waals surface area contributed by atoms with Crippen LogP contribution in [0.25, 0.3) is 12.2 Å². The van der Waals surface area contributed by atoms with Gasteiger partial charge in [0.1, 0.15) is 11.4 Å². The molecule has 0 N–H and O–H groups in total. The van der Waals surface area contributed by atoms with Crippen LogP contribution in [0.5, 0.6) is 5.75 Å². The van der Waals surface area contributed by atoms with Crippen LogP contribution in [0.2, 0.25) is 10.0 Å². The summed E-state index contributed by atoms with van der Waals surface area (Å²) in [6.07, 6.45) is 4.81. The number of pyridine rings is 1. The molecule has 1 aromatic heterocycles. The van der Waals surface area contributed by atoms with Crippen molar-refractivity contribution in [3.8, 4) is 5.75 Å². The minimum absolute atomic E-state index is 0. The fourth-order valence-electron chi connectivity index (χ4n) is 2.17. The highest BCUT2D eigenvalue weighted by molar-refractivity contribution is 6.35. The summed E-state index contributed by atoms with van der Waals surface area (Å²) in [5.74, 6) is 0.778. The zero-order valence-electron chi connectivity index (χ0n) is 14.6. The molecule has 0 unspecified atom stereocenters. The highest BCUT2D eigenvalue weighted by Gasteiger charge is 2.04. The first-order chi connectivity index (χ1) is 11.5. The number of nitrogens with zero attached hydrogens (tertiary/aromatic N) is 2. The number of ether oxygens (including phenoxy) is 1. The molecule has 0 radical (unpaired) electrons. The molecule has 0 aliphatic rings. The Bertz CT molecular complexity index is 718. The van der Waals surface area contributed by atoms with E-state index in [1.54, 1.807) is 6.07 Å². The smallest absolute Gasteiger partial charge is 0.144 e. The standard InChI is InChI=1S/C19H22Cl2N2O.ClH/c1-14-5-10-19(24-12-4-11-23(2)3)18(22-14)9-7-15-6-8-16(20)13-17(15)21;/h5-10,13H,4,11-12H2,1-3H3;1H/b9-7+;. The predicted molar refractivity (Wildman–Crippen MR) is 110 cm³/mol. The molecule has 0 fully saturated rings. The average Bonchev–Trinajstić information content (AvgIpc) is 2.52. The molecule has 0 amide bonds. The summed E-state index contributed by atoms with van der Waals surface area (Å²) in [4.78, 5) is 6.70. The van der Waals surface area contributed by atoms with Gasteiger partial charge in [-0.15, -0.1) is 12.4 Å². The van der Waals surface area contributed by atoms with Crippen LogP contribution in [0.15, 0.2) is 30.3 Å². The summed E-state index contributed by atoms with van der Waals surface area (Å²) in [6, 6.07) is 9.34. The van der Waals surface area contributed by atoms with E-state index in [0.29, 0.717) is 16.7 Å². The van der Waals surface area contributed by atoms with Gasteiger partial charge < -0.3 is 9.64 Å². The van der Waals surface area contributed by atoms with Gasteiger partial charge in [-0.05, 0) is 63.3 Å². The maximum Gasteiger partial charge on any atom is 0.144 e. The fraction of sp³-hybridized carbons (Fsp3) is 0.316. The van der Waals surface area contributed by atoms with Gasteiger partial charge in [0.25, 0.3) is 0 Å². The van der Waals surface area contributed by atoms with Crippen LogP contribution in [0.4, 0.5) is 0 Å². The zero-order valence-corrected chi connectivity index (χ0v) is 17.0. The van der Waals surface area contributed by atoms with E-state index < -0.39 is 0 Å². The van der Waals surface area contributed by atoms with Crippen molar-refractivity contribution >= 4 is 47.8 Å². The van der Waals surface area contributed by atoms with E-state index in [9.17, 15) is 0 Å². The summed E-state index contributed by atoms with van der Waals surface area (Å²) >= 11 is 12.1. The Labute approximate surface area is 166 Å². The first-order valence-corrected chi connectivity index (χ1v) is 8.59. The molecule has 1 heterocycles. The van der Waals surface area contributed by atoms with E-state index in [0.717, 1.165) is 35.7 Å². The number of hydrogen-bond acceptors (Lipinski definition) is 3. The van der Waals surface area contributed by atoms with E-state index in [1.807, 2.05) is 43.3 Å². The second-order valence-electron chi connectivity index (χ2n) is 5.84. The molecule has 6 heteroatoms. The number of rotatable bonds is 7. The fourth-order valence-corrected chi connectivity index (χ4v) is 2.65. The molecule has 3 nitrogen and oxygen atoms in total. The molecule has 0 bridgehead atoms. The van der Waals surface area contributed by atoms with Gasteiger partial charge in [0, 0.05) is 22.3 Å². The lowest BCUT2D eigenvalue weighted by molar-refractivity contribution is 0.280. The van der Waals surface area contributed by atoms with Crippen LogP contribution in [0.3, 0.4) is 0 Å². The van der Waals surface area contributed by atoms with Crippen molar-refractivity contribution < 1.29 is 4.74 Å². The second-order valence-corrected chi connectivity index (χ2v) is 6.68. The molecule has 0 saturated heterocycles. The van der Waals surface area contributed by atoms with Crippen molar-refractivity contribution in [2.24, 2.45) is 0 Å². The molecule has 0 saturated carbocycles. The van der Waals surface area contributed by atoms with Gasteiger partial charge in [-0.3, -0.25) is 0 Å². The van der Waals surface area contributed by atoms with E-state index in [4.69, 9.17) is 27.9 Å². The number of halogens is 3. The van der Waals surface area contributed by atoms with Gasteiger partial charge >= 0.3 is 0 Å². The lowest BCUT2D eigenvalue weighted by Crippen LogP contribution is -2.15. The van der Waals surface area contributed by atoms with Gasteiger partial charge in [-0.2, -0.15) is 0 Å². The van der Waals surface area contributed by atoms with Gasteiger partial charge in [0.05, 0.1) is 6.61 Å². The van der Waals surface area contributed by atoms with Crippen LogP contribution in [0.1, 0.15) is 23.4 Å². The summed E-state index contributed by atoms with van der Waals surface area (Å²) in [6.45, 7) is 3.61. The molecule has 0 spiro atoms. The van der Waals surface area contributed by atoms with Crippen LogP contribution in [-0.4, -0.2) is 37.1 Å². The summed E-state index contributed by atoms with van der Waals surface area (Å²) < 4.78 is 5.89. The Morgan fingerprint density at radius 2 is 1.88 bits per heavy atom. The van der Waals surface area contributed by atoms with Crippen molar-refractivity contribution in [1.82, 2.24) is 9.88 Å². The molecular weight excluding hydrogens is 379 g/mol. The van der Waals surface area contributed by atoms with Crippen molar-refractivity contribution in [1.29, 1.82) is 0 Å². The largest absolute Gasteiger partial charge is 0.491 e. The highest BCUT2D eigenvalue weighted by Crippen LogP contribution is 2.25. The minimum atomic E-state index is 0. The zero-order chi connectivity index (χ0) is 17.5. The molecule has 1 aromatic carbocycles. The molecular formula is C19H23Cl3N2O. The quantitative estimate of drug-likeness (QED) is 0.563. The monoisotopic (exact) mass is 400 g/mol.